The molecular weight excluding hydrogens is 226 g/mol. The van der Waals surface area contributed by atoms with Gasteiger partial charge in [0.1, 0.15) is 5.60 Å². The highest BCUT2D eigenvalue weighted by Gasteiger charge is 2.65. The van der Waals surface area contributed by atoms with Gasteiger partial charge in [0.15, 0.2) is 0 Å². The molecule has 2 rings (SSSR count). The van der Waals surface area contributed by atoms with Crippen LogP contribution in [0.2, 0.25) is 0 Å². The lowest BCUT2D eigenvalue weighted by Gasteiger charge is -2.52. The average Bonchev–Trinajstić information content (AvgIpc) is 2.44. The molecule has 3 heteroatoms. The molecule has 2 fully saturated rings. The minimum Gasteiger partial charge on any atom is -0.386 e. The summed E-state index contributed by atoms with van der Waals surface area (Å²) in [5, 5.41) is 11.4. The number of rotatable bonds is 2. The first-order chi connectivity index (χ1) is 8.18. The number of hydrogen-bond acceptors (Lipinski definition) is 3. The lowest BCUT2D eigenvalue weighted by atomic mass is 9.57. The summed E-state index contributed by atoms with van der Waals surface area (Å²) in [6.07, 6.45) is 6.37. The van der Waals surface area contributed by atoms with E-state index in [-0.39, 0.29) is 11.0 Å². The van der Waals surface area contributed by atoms with Crippen LogP contribution in [0.4, 0.5) is 0 Å². The maximum Gasteiger partial charge on any atom is 0.103 e. The van der Waals surface area contributed by atoms with E-state index in [1.165, 1.54) is 19.3 Å². The summed E-state index contributed by atoms with van der Waals surface area (Å²) in [4.78, 5) is 0. The van der Waals surface area contributed by atoms with Crippen molar-refractivity contribution in [3.63, 3.8) is 0 Å². The standard InChI is InChI=1S/C15H29NO2/c1-12(2)10-15(17,13(3,4)18-12)14(11-16)8-6-5-7-9-14/h17H,5-11,16H2,1-4H3. The second-order valence-electron chi connectivity index (χ2n) is 7.45. The Hall–Kier alpha value is -0.120. The molecule has 1 aliphatic heterocycles. The van der Waals surface area contributed by atoms with Crippen molar-refractivity contribution in [1.29, 1.82) is 0 Å². The summed E-state index contributed by atoms with van der Waals surface area (Å²) >= 11 is 0. The molecule has 1 heterocycles. The maximum absolute atomic E-state index is 11.4. The molecule has 3 N–H and O–H groups in total. The van der Waals surface area contributed by atoms with Crippen LogP contribution in [-0.4, -0.2) is 28.5 Å². The molecule has 1 saturated carbocycles. The zero-order chi connectivity index (χ0) is 13.7. The Kier molecular flexibility index (Phi) is 3.33. The van der Waals surface area contributed by atoms with Gasteiger partial charge in [-0.2, -0.15) is 0 Å². The Morgan fingerprint density at radius 1 is 1.06 bits per heavy atom. The largest absolute Gasteiger partial charge is 0.386 e. The van der Waals surface area contributed by atoms with Crippen molar-refractivity contribution in [2.45, 2.75) is 83.0 Å². The van der Waals surface area contributed by atoms with Gasteiger partial charge in [0.2, 0.25) is 0 Å². The first kappa shape index (κ1) is 14.3. The van der Waals surface area contributed by atoms with Crippen LogP contribution >= 0.6 is 0 Å². The first-order valence-corrected chi connectivity index (χ1v) is 7.31. The molecule has 1 unspecified atom stereocenters. The molecule has 0 bridgehead atoms. The average molecular weight is 255 g/mol. The summed E-state index contributed by atoms with van der Waals surface area (Å²) in [5.74, 6) is 0. The summed E-state index contributed by atoms with van der Waals surface area (Å²) < 4.78 is 6.13. The van der Waals surface area contributed by atoms with E-state index in [2.05, 4.69) is 13.8 Å². The van der Waals surface area contributed by atoms with E-state index in [1.54, 1.807) is 0 Å². The minimum absolute atomic E-state index is 0.164. The molecule has 2 aliphatic rings. The highest BCUT2D eigenvalue weighted by Crippen LogP contribution is 2.57. The molecule has 1 saturated heterocycles. The smallest absolute Gasteiger partial charge is 0.103 e. The molecule has 0 amide bonds. The van der Waals surface area contributed by atoms with Gasteiger partial charge in [0.05, 0.1) is 11.2 Å². The Labute approximate surface area is 111 Å². The van der Waals surface area contributed by atoms with Crippen LogP contribution in [0.5, 0.6) is 0 Å². The van der Waals surface area contributed by atoms with Gasteiger partial charge in [-0.3, -0.25) is 0 Å². The van der Waals surface area contributed by atoms with Crippen molar-refractivity contribution in [2.24, 2.45) is 11.1 Å². The summed E-state index contributed by atoms with van der Waals surface area (Å²) in [6, 6.07) is 0. The van der Waals surface area contributed by atoms with Crippen LogP contribution in [0.15, 0.2) is 0 Å². The van der Waals surface area contributed by atoms with Crippen LogP contribution in [0.1, 0.15) is 66.2 Å². The van der Waals surface area contributed by atoms with Gasteiger partial charge < -0.3 is 15.6 Å². The Bertz CT molecular complexity index is 318. The van der Waals surface area contributed by atoms with E-state index in [0.717, 1.165) is 12.8 Å². The highest BCUT2D eigenvalue weighted by molar-refractivity contribution is 5.15. The zero-order valence-corrected chi connectivity index (χ0v) is 12.4. The molecule has 0 aromatic carbocycles. The topological polar surface area (TPSA) is 55.5 Å². The fourth-order valence-corrected chi connectivity index (χ4v) is 4.48. The van der Waals surface area contributed by atoms with E-state index in [0.29, 0.717) is 13.0 Å². The minimum atomic E-state index is -0.807. The van der Waals surface area contributed by atoms with Gasteiger partial charge in [0, 0.05) is 18.4 Å². The summed E-state index contributed by atoms with van der Waals surface area (Å²) in [6.45, 7) is 8.74. The van der Waals surface area contributed by atoms with Gasteiger partial charge in [-0.15, -0.1) is 0 Å². The van der Waals surface area contributed by atoms with E-state index in [1.807, 2.05) is 13.8 Å². The maximum atomic E-state index is 11.4. The third-order valence-corrected chi connectivity index (χ3v) is 5.29. The lowest BCUT2D eigenvalue weighted by Crippen LogP contribution is -2.62. The Morgan fingerprint density at radius 3 is 2.00 bits per heavy atom. The predicted molar refractivity (Wildman–Crippen MR) is 73.4 cm³/mol. The van der Waals surface area contributed by atoms with E-state index < -0.39 is 11.2 Å². The van der Waals surface area contributed by atoms with Gasteiger partial charge in [-0.25, -0.2) is 0 Å². The molecule has 0 spiro atoms. The number of aliphatic hydroxyl groups is 1. The summed E-state index contributed by atoms with van der Waals surface area (Å²) in [5.41, 5.74) is 4.34. The van der Waals surface area contributed by atoms with Crippen molar-refractivity contribution in [2.75, 3.05) is 6.54 Å². The molecule has 18 heavy (non-hydrogen) atoms. The van der Waals surface area contributed by atoms with Crippen molar-refractivity contribution in [3.05, 3.63) is 0 Å². The van der Waals surface area contributed by atoms with Crippen LogP contribution in [0.3, 0.4) is 0 Å². The fraction of sp³-hybridized carbons (Fsp3) is 1.00. The molecule has 106 valence electrons. The van der Waals surface area contributed by atoms with Crippen molar-refractivity contribution < 1.29 is 9.84 Å². The molecule has 3 nitrogen and oxygen atoms in total. The SMILES string of the molecule is CC1(C)CC(O)(C2(CN)CCCCC2)C(C)(C)O1. The third kappa shape index (κ3) is 1.91. The molecule has 0 aromatic heterocycles. The second kappa shape index (κ2) is 4.19. The second-order valence-corrected chi connectivity index (χ2v) is 7.45. The first-order valence-electron chi connectivity index (χ1n) is 7.31. The molecular formula is C15H29NO2. The number of nitrogens with two attached hydrogens (primary N) is 1. The van der Waals surface area contributed by atoms with Crippen LogP contribution in [0.25, 0.3) is 0 Å². The highest BCUT2D eigenvalue weighted by atomic mass is 16.5. The molecule has 0 aromatic rings. The Morgan fingerprint density at radius 2 is 1.61 bits per heavy atom. The monoisotopic (exact) mass is 255 g/mol. The number of hydrogen-bond donors (Lipinski definition) is 2. The number of ether oxygens (including phenoxy) is 1. The van der Waals surface area contributed by atoms with Crippen LogP contribution < -0.4 is 5.73 Å². The predicted octanol–water partition coefficient (Wildman–Crippen LogP) is 2.60. The van der Waals surface area contributed by atoms with Gasteiger partial charge >= 0.3 is 0 Å². The van der Waals surface area contributed by atoms with Crippen molar-refractivity contribution in [3.8, 4) is 0 Å². The van der Waals surface area contributed by atoms with Crippen molar-refractivity contribution >= 4 is 0 Å². The quantitative estimate of drug-likeness (QED) is 0.797. The lowest BCUT2D eigenvalue weighted by molar-refractivity contribution is -0.185. The van der Waals surface area contributed by atoms with Crippen LogP contribution in [-0.2, 0) is 4.74 Å². The van der Waals surface area contributed by atoms with Crippen molar-refractivity contribution in [1.82, 2.24) is 0 Å². The Balaban J connectivity index is 2.39. The van der Waals surface area contributed by atoms with Gasteiger partial charge in [-0.1, -0.05) is 19.3 Å². The van der Waals surface area contributed by atoms with E-state index in [9.17, 15) is 5.11 Å². The summed E-state index contributed by atoms with van der Waals surface area (Å²) in [7, 11) is 0. The fourth-order valence-electron chi connectivity index (χ4n) is 4.48. The normalized spacial score (nSPS) is 37.7. The zero-order valence-electron chi connectivity index (χ0n) is 12.4. The van der Waals surface area contributed by atoms with Gasteiger partial charge in [0.25, 0.3) is 0 Å². The molecule has 0 radical (unpaired) electrons. The van der Waals surface area contributed by atoms with Crippen LogP contribution in [0, 0.1) is 5.41 Å². The molecule has 1 aliphatic carbocycles. The third-order valence-electron chi connectivity index (χ3n) is 5.29. The molecule has 1 atom stereocenters. The van der Waals surface area contributed by atoms with E-state index in [4.69, 9.17) is 10.5 Å². The van der Waals surface area contributed by atoms with Gasteiger partial charge in [-0.05, 0) is 40.5 Å². The van der Waals surface area contributed by atoms with E-state index >= 15 is 0 Å².